The lowest BCUT2D eigenvalue weighted by molar-refractivity contribution is -0.134. The van der Waals surface area contributed by atoms with Gasteiger partial charge in [0.05, 0.1) is 25.0 Å². The fourth-order valence-corrected chi connectivity index (χ4v) is 4.69. The van der Waals surface area contributed by atoms with Gasteiger partial charge in [-0.2, -0.15) is 0 Å². The van der Waals surface area contributed by atoms with E-state index in [1.807, 2.05) is 12.1 Å². The maximum atomic E-state index is 11.8. The molecule has 2 aliphatic heterocycles. The smallest absolute Gasteiger partial charge is 0.334 e. The molecule has 0 aliphatic carbocycles. The summed E-state index contributed by atoms with van der Waals surface area (Å²) in [5.74, 6) is -0.914. The van der Waals surface area contributed by atoms with Crippen LogP contribution in [0.5, 0.6) is 0 Å². The van der Waals surface area contributed by atoms with Crippen molar-refractivity contribution in [1.82, 2.24) is 9.88 Å². The quantitative estimate of drug-likeness (QED) is 0.502. The molecule has 4 rings (SSSR count). The van der Waals surface area contributed by atoms with Crippen molar-refractivity contribution in [2.75, 3.05) is 20.2 Å². The number of H-pyrrole nitrogens is 1. The molecular weight excluding hydrogens is 328 g/mol. The molecule has 1 aromatic carbocycles. The number of nitrogens with one attached hydrogen (secondary N) is 1. The predicted octanol–water partition coefficient (Wildman–Crippen LogP) is 3.50. The van der Waals surface area contributed by atoms with Gasteiger partial charge in [0, 0.05) is 35.6 Å². The van der Waals surface area contributed by atoms with Crippen LogP contribution in [-0.4, -0.2) is 41.2 Å². The summed E-state index contributed by atoms with van der Waals surface area (Å²) in [4.78, 5) is 17.9. The first-order chi connectivity index (χ1) is 12.6. The molecule has 5 heteroatoms. The number of para-hydroxylation sites is 1. The lowest BCUT2D eigenvalue weighted by Crippen LogP contribution is -2.46. The zero-order valence-corrected chi connectivity index (χ0v) is 14.9. The largest absolute Gasteiger partial charge is 0.504 e. The fourth-order valence-electron chi connectivity index (χ4n) is 4.69. The highest BCUT2D eigenvalue weighted by Gasteiger charge is 2.41. The normalized spacial score (nSPS) is 26.2. The van der Waals surface area contributed by atoms with Crippen molar-refractivity contribution < 1.29 is 14.6 Å². The Hall–Kier alpha value is -2.53. The van der Waals surface area contributed by atoms with Crippen molar-refractivity contribution in [2.24, 2.45) is 11.8 Å². The van der Waals surface area contributed by atoms with Gasteiger partial charge in [-0.1, -0.05) is 24.3 Å². The standard InChI is InChI=1S/C21H24N2O3/c1-3-13-11-23-9-8-15-14-6-4-5-7-18(14)22-20(15)19(23)10-16(13)17(12-26-2)21(24)25/h3-7,12-13,16,19,22H,1,8-11H2,2H3,(H,24,25)/b17-12+/t13-,16-,19+/m0/s1. The summed E-state index contributed by atoms with van der Waals surface area (Å²) >= 11 is 0. The van der Waals surface area contributed by atoms with E-state index in [1.54, 1.807) is 0 Å². The van der Waals surface area contributed by atoms with E-state index in [9.17, 15) is 9.90 Å². The number of carbonyl (C=O) groups is 1. The summed E-state index contributed by atoms with van der Waals surface area (Å²) in [7, 11) is 1.50. The zero-order chi connectivity index (χ0) is 18.3. The van der Waals surface area contributed by atoms with Crippen molar-refractivity contribution in [1.29, 1.82) is 0 Å². The third-order valence-corrected chi connectivity index (χ3v) is 5.90. The topological polar surface area (TPSA) is 65.6 Å². The molecule has 0 saturated carbocycles. The van der Waals surface area contributed by atoms with E-state index in [4.69, 9.17) is 4.74 Å². The van der Waals surface area contributed by atoms with Gasteiger partial charge < -0.3 is 14.8 Å². The van der Waals surface area contributed by atoms with Crippen LogP contribution in [0.2, 0.25) is 0 Å². The van der Waals surface area contributed by atoms with Crippen molar-refractivity contribution in [2.45, 2.75) is 18.9 Å². The fraction of sp³-hybridized carbons (Fsp3) is 0.381. The molecule has 3 atom stereocenters. The van der Waals surface area contributed by atoms with Crippen LogP contribution in [0.15, 0.2) is 48.8 Å². The number of benzene rings is 1. The van der Waals surface area contributed by atoms with Gasteiger partial charge in [0.25, 0.3) is 0 Å². The van der Waals surface area contributed by atoms with Crippen LogP contribution in [0.1, 0.15) is 23.7 Å². The highest BCUT2D eigenvalue weighted by atomic mass is 16.5. The highest BCUT2D eigenvalue weighted by molar-refractivity contribution is 5.87. The van der Waals surface area contributed by atoms with Crippen molar-refractivity contribution in [3.05, 3.63) is 60.0 Å². The Morgan fingerprint density at radius 3 is 2.96 bits per heavy atom. The number of rotatable bonds is 4. The Balaban J connectivity index is 1.75. The number of carboxylic acid groups (broad SMARTS) is 1. The maximum absolute atomic E-state index is 11.8. The zero-order valence-electron chi connectivity index (χ0n) is 14.9. The molecule has 0 bridgehead atoms. The van der Waals surface area contributed by atoms with Gasteiger partial charge >= 0.3 is 5.97 Å². The lowest BCUT2D eigenvalue weighted by Gasteiger charge is -2.45. The number of hydrogen-bond donors (Lipinski definition) is 2. The van der Waals surface area contributed by atoms with Gasteiger partial charge in [-0.25, -0.2) is 4.79 Å². The average molecular weight is 352 g/mol. The Bertz CT molecular complexity index is 883. The second kappa shape index (κ2) is 6.65. The Morgan fingerprint density at radius 1 is 1.42 bits per heavy atom. The second-order valence-electron chi connectivity index (χ2n) is 7.18. The summed E-state index contributed by atoms with van der Waals surface area (Å²) in [5.41, 5.74) is 4.12. The Labute approximate surface area is 153 Å². The lowest BCUT2D eigenvalue weighted by atomic mass is 9.75. The third kappa shape index (κ3) is 2.63. The van der Waals surface area contributed by atoms with Crippen molar-refractivity contribution in [3.63, 3.8) is 0 Å². The van der Waals surface area contributed by atoms with Crippen LogP contribution in [0.3, 0.4) is 0 Å². The number of aromatic amines is 1. The van der Waals surface area contributed by atoms with Crippen LogP contribution in [-0.2, 0) is 16.0 Å². The van der Waals surface area contributed by atoms with E-state index in [0.717, 1.165) is 31.4 Å². The number of methoxy groups -OCH3 is 1. The molecule has 0 amide bonds. The van der Waals surface area contributed by atoms with E-state index >= 15 is 0 Å². The second-order valence-corrected chi connectivity index (χ2v) is 7.18. The summed E-state index contributed by atoms with van der Waals surface area (Å²) in [6.07, 6.45) is 5.05. The van der Waals surface area contributed by atoms with Gasteiger partial charge in [0.1, 0.15) is 0 Å². The van der Waals surface area contributed by atoms with E-state index in [1.165, 1.54) is 30.0 Å². The predicted molar refractivity (Wildman–Crippen MR) is 101 cm³/mol. The molecule has 3 heterocycles. The molecule has 136 valence electrons. The number of hydrogen-bond acceptors (Lipinski definition) is 3. The minimum Gasteiger partial charge on any atom is -0.504 e. The number of aromatic nitrogens is 1. The number of aliphatic carboxylic acids is 1. The minimum absolute atomic E-state index is 0.106. The van der Waals surface area contributed by atoms with Crippen molar-refractivity contribution >= 4 is 16.9 Å². The molecule has 0 spiro atoms. The molecule has 1 aromatic heterocycles. The van der Waals surface area contributed by atoms with Gasteiger partial charge in [-0.3, -0.25) is 4.90 Å². The summed E-state index contributed by atoms with van der Waals surface area (Å²) in [5, 5.41) is 11.0. The van der Waals surface area contributed by atoms with Crippen LogP contribution in [0.4, 0.5) is 0 Å². The number of ether oxygens (including phenoxy) is 1. The van der Waals surface area contributed by atoms with Crippen molar-refractivity contribution in [3.8, 4) is 0 Å². The molecular formula is C21H24N2O3. The van der Waals surface area contributed by atoms with E-state index in [2.05, 4.69) is 34.7 Å². The number of carboxylic acids is 1. The monoisotopic (exact) mass is 352 g/mol. The molecule has 5 nitrogen and oxygen atoms in total. The first-order valence-corrected chi connectivity index (χ1v) is 9.06. The van der Waals surface area contributed by atoms with E-state index in [0.29, 0.717) is 5.57 Å². The van der Waals surface area contributed by atoms with Gasteiger partial charge in [0.2, 0.25) is 0 Å². The first-order valence-electron chi connectivity index (χ1n) is 9.06. The minimum atomic E-state index is -0.912. The van der Waals surface area contributed by atoms with Crippen LogP contribution in [0.25, 0.3) is 10.9 Å². The Kier molecular flexibility index (Phi) is 4.32. The average Bonchev–Trinajstić information content (AvgIpc) is 3.04. The van der Waals surface area contributed by atoms with E-state index in [-0.39, 0.29) is 17.9 Å². The molecule has 26 heavy (non-hydrogen) atoms. The highest BCUT2D eigenvalue weighted by Crippen LogP contribution is 2.45. The molecule has 2 aliphatic rings. The summed E-state index contributed by atoms with van der Waals surface area (Å²) in [6.45, 7) is 5.77. The maximum Gasteiger partial charge on any atom is 0.334 e. The summed E-state index contributed by atoms with van der Waals surface area (Å²) in [6, 6.07) is 8.60. The Morgan fingerprint density at radius 2 is 2.23 bits per heavy atom. The van der Waals surface area contributed by atoms with Gasteiger partial charge in [-0.05, 0) is 30.4 Å². The van der Waals surface area contributed by atoms with E-state index < -0.39 is 5.97 Å². The molecule has 2 N–H and O–H groups in total. The van der Waals surface area contributed by atoms with Gasteiger partial charge in [0.15, 0.2) is 0 Å². The molecule has 2 aromatic rings. The molecule has 1 saturated heterocycles. The third-order valence-electron chi connectivity index (χ3n) is 5.90. The molecule has 1 fully saturated rings. The van der Waals surface area contributed by atoms with Crippen LogP contribution < -0.4 is 0 Å². The number of nitrogens with zero attached hydrogens (tertiary/aromatic N) is 1. The number of fused-ring (bicyclic) bond motifs is 5. The number of piperidine rings is 1. The van der Waals surface area contributed by atoms with Gasteiger partial charge in [-0.15, -0.1) is 6.58 Å². The van der Waals surface area contributed by atoms with Crippen LogP contribution >= 0.6 is 0 Å². The molecule has 0 unspecified atom stereocenters. The summed E-state index contributed by atoms with van der Waals surface area (Å²) < 4.78 is 5.07. The SMILES string of the molecule is C=C[C@H]1CN2CCc3c([nH]c4ccccc34)[C@H]2C[C@@H]1/C(=C\OC)C(=O)O. The first kappa shape index (κ1) is 16.9. The molecule has 0 radical (unpaired) electrons. The van der Waals surface area contributed by atoms with Crippen LogP contribution in [0, 0.1) is 11.8 Å².